The Morgan fingerprint density at radius 3 is 1.68 bits per heavy atom. The normalized spacial score (nSPS) is 10.5. The molecule has 0 N–H and O–H groups in total. The summed E-state index contributed by atoms with van der Waals surface area (Å²) in [6.45, 7) is 1.54. The van der Waals surface area contributed by atoms with Crippen LogP contribution < -0.4 is 4.74 Å². The number of aromatic nitrogens is 2. The van der Waals surface area contributed by atoms with Crippen LogP contribution in [-0.2, 0) is 0 Å². The number of carbonyl (C=O) groups is 1. The van der Waals surface area contributed by atoms with Gasteiger partial charge in [-0.05, 0) is 37.3 Å². The molecule has 0 aliphatic carbocycles. The smallest absolute Gasteiger partial charge is 0.323 e. The molecule has 0 spiro atoms. The predicted octanol–water partition coefficient (Wildman–Crippen LogP) is 5.81. The van der Waals surface area contributed by atoms with Gasteiger partial charge in [-0.1, -0.05) is 60.7 Å². The van der Waals surface area contributed by atoms with E-state index in [1.165, 1.54) is 6.92 Å². The number of rotatable bonds is 5. The van der Waals surface area contributed by atoms with Crippen LogP contribution >= 0.6 is 0 Å². The summed E-state index contributed by atoms with van der Waals surface area (Å²) >= 11 is 0. The van der Waals surface area contributed by atoms with E-state index in [0.29, 0.717) is 11.3 Å². The molecule has 1 aromatic heterocycles. The van der Waals surface area contributed by atoms with Crippen LogP contribution in [0.25, 0.3) is 22.5 Å². The molecule has 0 atom stereocenters. The predicted molar refractivity (Wildman–Crippen MR) is 109 cm³/mol. The van der Waals surface area contributed by atoms with Gasteiger partial charge in [-0.3, -0.25) is 4.79 Å². The number of ketones is 1. The maximum absolute atomic E-state index is 11.5. The molecule has 4 heteroatoms. The first-order chi connectivity index (χ1) is 13.7. The van der Waals surface area contributed by atoms with E-state index in [2.05, 4.69) is 9.97 Å². The molecule has 0 saturated carbocycles. The lowest BCUT2D eigenvalue weighted by molar-refractivity contribution is 0.101. The van der Waals surface area contributed by atoms with Gasteiger partial charge in [0.2, 0.25) is 0 Å². The summed E-state index contributed by atoms with van der Waals surface area (Å²) in [5.41, 5.74) is 4.17. The second-order valence-corrected chi connectivity index (χ2v) is 6.34. The van der Waals surface area contributed by atoms with Crippen molar-refractivity contribution in [2.75, 3.05) is 0 Å². The summed E-state index contributed by atoms with van der Waals surface area (Å²) in [6, 6.07) is 29.0. The van der Waals surface area contributed by atoms with Crippen molar-refractivity contribution in [3.63, 3.8) is 0 Å². The van der Waals surface area contributed by atoms with Crippen molar-refractivity contribution in [1.29, 1.82) is 0 Å². The Hall–Kier alpha value is -3.79. The zero-order valence-corrected chi connectivity index (χ0v) is 15.4. The largest absolute Gasteiger partial charge is 0.424 e. The number of hydrogen-bond donors (Lipinski definition) is 0. The van der Waals surface area contributed by atoms with E-state index in [1.54, 1.807) is 24.3 Å². The lowest BCUT2D eigenvalue weighted by atomic mass is 10.1. The molecule has 3 aromatic carbocycles. The van der Waals surface area contributed by atoms with Gasteiger partial charge in [0.05, 0.1) is 11.4 Å². The first kappa shape index (κ1) is 17.6. The van der Waals surface area contributed by atoms with E-state index in [0.717, 1.165) is 22.5 Å². The summed E-state index contributed by atoms with van der Waals surface area (Å²) < 4.78 is 5.90. The first-order valence-corrected chi connectivity index (χ1v) is 8.98. The fourth-order valence-electron chi connectivity index (χ4n) is 2.85. The minimum atomic E-state index is 0.0141. The van der Waals surface area contributed by atoms with Crippen molar-refractivity contribution in [3.05, 3.63) is 96.6 Å². The Balaban J connectivity index is 1.74. The van der Waals surface area contributed by atoms with Gasteiger partial charge >= 0.3 is 6.01 Å². The first-order valence-electron chi connectivity index (χ1n) is 8.98. The topological polar surface area (TPSA) is 52.1 Å². The summed E-state index contributed by atoms with van der Waals surface area (Å²) in [6.07, 6.45) is 0. The minimum Gasteiger partial charge on any atom is -0.424 e. The molecule has 0 unspecified atom stereocenters. The van der Waals surface area contributed by atoms with Crippen molar-refractivity contribution >= 4 is 5.78 Å². The van der Waals surface area contributed by atoms with Crippen LogP contribution in [0.15, 0.2) is 91.0 Å². The van der Waals surface area contributed by atoms with Crippen LogP contribution in [0, 0.1) is 0 Å². The van der Waals surface area contributed by atoms with E-state index < -0.39 is 0 Å². The van der Waals surface area contributed by atoms with Gasteiger partial charge in [-0.2, -0.15) is 9.97 Å². The molecule has 0 radical (unpaired) electrons. The molecule has 28 heavy (non-hydrogen) atoms. The zero-order valence-electron chi connectivity index (χ0n) is 15.4. The highest BCUT2D eigenvalue weighted by Gasteiger charge is 2.10. The van der Waals surface area contributed by atoms with Crippen LogP contribution in [0.5, 0.6) is 11.8 Å². The molecule has 0 aliphatic rings. The van der Waals surface area contributed by atoms with Crippen LogP contribution in [0.4, 0.5) is 0 Å². The third kappa shape index (κ3) is 3.96. The summed E-state index contributed by atoms with van der Waals surface area (Å²) in [5, 5.41) is 0. The monoisotopic (exact) mass is 366 g/mol. The van der Waals surface area contributed by atoms with Crippen molar-refractivity contribution < 1.29 is 9.53 Å². The number of benzene rings is 3. The molecule has 4 rings (SSSR count). The fourth-order valence-corrected chi connectivity index (χ4v) is 2.85. The van der Waals surface area contributed by atoms with Crippen LogP contribution in [0.1, 0.15) is 17.3 Å². The highest BCUT2D eigenvalue weighted by molar-refractivity contribution is 5.94. The van der Waals surface area contributed by atoms with E-state index in [4.69, 9.17) is 4.74 Å². The van der Waals surface area contributed by atoms with Crippen molar-refractivity contribution in [2.45, 2.75) is 6.92 Å². The van der Waals surface area contributed by atoms with Gasteiger partial charge in [0.25, 0.3) is 0 Å². The highest BCUT2D eigenvalue weighted by atomic mass is 16.5. The van der Waals surface area contributed by atoms with Gasteiger partial charge in [0.15, 0.2) is 5.78 Å². The number of ether oxygens (including phenoxy) is 1. The van der Waals surface area contributed by atoms with Gasteiger partial charge in [0, 0.05) is 16.7 Å². The van der Waals surface area contributed by atoms with Crippen molar-refractivity contribution in [2.24, 2.45) is 0 Å². The Morgan fingerprint density at radius 1 is 0.714 bits per heavy atom. The maximum Gasteiger partial charge on any atom is 0.323 e. The Labute approximate surface area is 163 Å². The lowest BCUT2D eigenvalue weighted by Gasteiger charge is -2.10. The van der Waals surface area contributed by atoms with Gasteiger partial charge < -0.3 is 4.74 Å². The molecular weight excluding hydrogens is 348 g/mol. The van der Waals surface area contributed by atoms with E-state index in [1.807, 2.05) is 66.7 Å². The lowest BCUT2D eigenvalue weighted by Crippen LogP contribution is -1.97. The van der Waals surface area contributed by atoms with Crippen molar-refractivity contribution in [3.8, 4) is 34.3 Å². The molecule has 0 aliphatic heterocycles. The molecule has 0 saturated heterocycles. The van der Waals surface area contributed by atoms with Crippen LogP contribution in [0.2, 0.25) is 0 Å². The van der Waals surface area contributed by atoms with Crippen LogP contribution in [-0.4, -0.2) is 15.8 Å². The highest BCUT2D eigenvalue weighted by Crippen LogP contribution is 2.28. The Kier molecular flexibility index (Phi) is 4.93. The average Bonchev–Trinajstić information content (AvgIpc) is 2.75. The quantitative estimate of drug-likeness (QED) is 0.419. The van der Waals surface area contributed by atoms with Gasteiger partial charge in [-0.25, -0.2) is 0 Å². The summed E-state index contributed by atoms with van der Waals surface area (Å²) in [7, 11) is 0. The fraction of sp³-hybridized carbons (Fsp3) is 0.0417. The van der Waals surface area contributed by atoms with Gasteiger partial charge in [0.1, 0.15) is 5.75 Å². The van der Waals surface area contributed by atoms with Crippen molar-refractivity contribution in [1.82, 2.24) is 9.97 Å². The molecule has 4 aromatic rings. The van der Waals surface area contributed by atoms with Crippen LogP contribution in [0.3, 0.4) is 0 Å². The third-order valence-corrected chi connectivity index (χ3v) is 4.31. The summed E-state index contributed by atoms with van der Waals surface area (Å²) in [5.74, 6) is 0.592. The maximum atomic E-state index is 11.5. The molecule has 0 bridgehead atoms. The molecule has 0 fully saturated rings. The SMILES string of the molecule is CC(=O)c1ccc(Oc2nc(-c3ccccc3)cc(-c3ccccc3)n2)cc1. The second-order valence-electron chi connectivity index (χ2n) is 6.34. The average molecular weight is 366 g/mol. The number of carbonyl (C=O) groups excluding carboxylic acids is 1. The second kappa shape index (κ2) is 7.84. The standard InChI is InChI=1S/C24H18N2O2/c1-17(27)18-12-14-21(15-13-18)28-24-25-22(19-8-4-2-5-9-19)16-23(26-24)20-10-6-3-7-11-20/h2-16H,1H3. The molecular formula is C24H18N2O2. The number of Topliss-reactive ketones (excluding diaryl/α,β-unsaturated/α-hetero) is 1. The Bertz CT molecular complexity index is 1030. The Morgan fingerprint density at radius 2 is 1.21 bits per heavy atom. The van der Waals surface area contributed by atoms with E-state index >= 15 is 0 Å². The molecule has 136 valence electrons. The third-order valence-electron chi connectivity index (χ3n) is 4.31. The van der Waals surface area contributed by atoms with Gasteiger partial charge in [-0.15, -0.1) is 0 Å². The molecule has 0 amide bonds. The zero-order chi connectivity index (χ0) is 19.3. The number of nitrogens with zero attached hydrogens (tertiary/aromatic N) is 2. The van der Waals surface area contributed by atoms with E-state index in [-0.39, 0.29) is 11.8 Å². The summed E-state index contributed by atoms with van der Waals surface area (Å²) in [4.78, 5) is 20.6. The minimum absolute atomic E-state index is 0.0141. The van der Waals surface area contributed by atoms with E-state index in [9.17, 15) is 4.79 Å². The molecule has 4 nitrogen and oxygen atoms in total. The molecule has 1 heterocycles. The number of hydrogen-bond acceptors (Lipinski definition) is 4.